The van der Waals surface area contributed by atoms with E-state index < -0.39 is 18.5 Å². The molecular formula is C31H32F2N6O2. The molecule has 0 bridgehead atoms. The van der Waals surface area contributed by atoms with E-state index in [1.807, 2.05) is 67.0 Å². The summed E-state index contributed by atoms with van der Waals surface area (Å²) in [5, 5.41) is 7.67. The number of fused-ring (bicyclic) bond motifs is 1. The smallest absolute Gasteiger partial charge is 0.319 e. The Kier molecular flexibility index (Phi) is 9.23. The second-order valence-electron chi connectivity index (χ2n) is 9.54. The van der Waals surface area contributed by atoms with Crippen LogP contribution in [0.3, 0.4) is 0 Å². The van der Waals surface area contributed by atoms with Crippen molar-refractivity contribution in [3.63, 3.8) is 0 Å². The lowest BCUT2D eigenvalue weighted by atomic mass is 10.0. The topological polar surface area (TPSA) is 100 Å². The molecular weight excluding hydrogens is 526 g/mol. The molecule has 10 heteroatoms. The van der Waals surface area contributed by atoms with Crippen molar-refractivity contribution in [3.8, 4) is 16.8 Å². The number of aliphatic imine (C=N–C) groups is 1. The summed E-state index contributed by atoms with van der Waals surface area (Å²) in [6.07, 6.45) is 5.98. The van der Waals surface area contributed by atoms with Crippen LogP contribution in [0.1, 0.15) is 37.6 Å². The third-order valence-electron chi connectivity index (χ3n) is 6.21. The summed E-state index contributed by atoms with van der Waals surface area (Å²) >= 11 is 0. The van der Waals surface area contributed by atoms with Crippen molar-refractivity contribution in [2.24, 2.45) is 4.99 Å². The number of hydrogen-bond acceptors (Lipinski definition) is 4. The molecule has 0 aliphatic heterocycles. The number of amides is 3. The van der Waals surface area contributed by atoms with Gasteiger partial charge in [0.05, 0.1) is 24.1 Å². The second-order valence-corrected chi connectivity index (χ2v) is 9.54. The number of nitrogens with one attached hydrogen (secondary N) is 3. The van der Waals surface area contributed by atoms with Gasteiger partial charge in [0, 0.05) is 35.8 Å². The number of nitrogens with zero attached hydrogens (tertiary/aromatic N) is 3. The molecule has 4 rings (SSSR count). The highest BCUT2D eigenvalue weighted by atomic mass is 19.3. The summed E-state index contributed by atoms with van der Waals surface area (Å²) in [7, 11) is 0. The molecule has 1 heterocycles. The summed E-state index contributed by atoms with van der Waals surface area (Å²) in [6.45, 7) is 4.25. The maximum Gasteiger partial charge on any atom is 0.319 e. The first kappa shape index (κ1) is 29.1. The van der Waals surface area contributed by atoms with Gasteiger partial charge in [0.25, 0.3) is 11.8 Å². The van der Waals surface area contributed by atoms with E-state index in [9.17, 15) is 18.4 Å². The number of aromatic nitrogens is 2. The van der Waals surface area contributed by atoms with Crippen molar-refractivity contribution in [2.45, 2.75) is 33.1 Å². The van der Waals surface area contributed by atoms with Gasteiger partial charge in [-0.15, -0.1) is 0 Å². The Morgan fingerprint density at radius 2 is 1.80 bits per heavy atom. The van der Waals surface area contributed by atoms with Gasteiger partial charge >= 0.3 is 6.03 Å². The number of carbonyl (C=O) groups excluding carboxylic acids is 2. The van der Waals surface area contributed by atoms with E-state index in [0.717, 1.165) is 46.9 Å². The number of rotatable bonds is 10. The van der Waals surface area contributed by atoms with Crippen molar-refractivity contribution in [1.82, 2.24) is 20.2 Å². The zero-order chi connectivity index (χ0) is 29.4. The molecule has 3 aromatic carbocycles. The number of halogens is 2. The maximum absolute atomic E-state index is 13.0. The molecule has 212 valence electrons. The van der Waals surface area contributed by atoms with Crippen LogP contribution in [-0.2, 0) is 0 Å². The molecule has 0 radical (unpaired) electrons. The zero-order valence-corrected chi connectivity index (χ0v) is 23.1. The number of urea groups is 1. The van der Waals surface area contributed by atoms with Gasteiger partial charge in [0.15, 0.2) is 0 Å². The van der Waals surface area contributed by atoms with E-state index >= 15 is 0 Å². The van der Waals surface area contributed by atoms with Crippen molar-refractivity contribution < 1.29 is 18.4 Å². The Morgan fingerprint density at radius 1 is 1.02 bits per heavy atom. The first-order valence-electron chi connectivity index (χ1n) is 13.2. The van der Waals surface area contributed by atoms with E-state index in [2.05, 4.69) is 25.9 Å². The van der Waals surface area contributed by atoms with Crippen LogP contribution >= 0.6 is 0 Å². The number of benzene rings is 3. The zero-order valence-electron chi connectivity index (χ0n) is 23.1. The minimum atomic E-state index is -3.00. The molecule has 0 aliphatic carbocycles. The molecule has 1 aromatic heterocycles. The molecule has 0 aliphatic rings. The normalized spacial score (nSPS) is 12.1. The third-order valence-corrected chi connectivity index (χ3v) is 6.21. The molecule has 8 nitrogen and oxygen atoms in total. The molecule has 0 fully saturated rings. The minimum absolute atomic E-state index is 0.176. The number of imidazole rings is 1. The van der Waals surface area contributed by atoms with E-state index in [0.29, 0.717) is 17.8 Å². The fourth-order valence-electron chi connectivity index (χ4n) is 4.11. The van der Waals surface area contributed by atoms with Crippen LogP contribution in [0, 0.1) is 0 Å². The Labute approximate surface area is 237 Å². The molecule has 0 saturated carbocycles. The summed E-state index contributed by atoms with van der Waals surface area (Å²) in [5.74, 6) is -3.18. The lowest BCUT2D eigenvalue weighted by Gasteiger charge is -2.13. The highest BCUT2D eigenvalue weighted by Crippen LogP contribution is 2.27. The molecule has 3 N–H and O–H groups in total. The lowest BCUT2D eigenvalue weighted by Crippen LogP contribution is -2.37. The fraction of sp³-hybridized carbons (Fsp3) is 0.226. The molecule has 0 atom stereocenters. The van der Waals surface area contributed by atoms with Crippen molar-refractivity contribution in [2.75, 3.05) is 18.4 Å². The highest BCUT2D eigenvalue weighted by Gasteiger charge is 2.21. The minimum Gasteiger partial charge on any atom is -0.347 e. The molecule has 0 spiro atoms. The van der Waals surface area contributed by atoms with Crippen LogP contribution in [0.5, 0.6) is 0 Å². The SMILES string of the molecule is C/C=C\N=C(CC)CNC(=O)c1cccc(-c2ccc3c(c2)ncn3-c2cccc(NC(=O)NCC(C)(F)F)c2)c1. The highest BCUT2D eigenvalue weighted by molar-refractivity contribution is 5.99. The molecule has 3 amide bonds. The van der Waals surface area contributed by atoms with Crippen molar-refractivity contribution >= 4 is 34.4 Å². The number of anilines is 1. The Morgan fingerprint density at radius 3 is 2.56 bits per heavy atom. The van der Waals surface area contributed by atoms with E-state index in [1.54, 1.807) is 36.8 Å². The van der Waals surface area contributed by atoms with Crippen molar-refractivity contribution in [3.05, 3.63) is 90.9 Å². The predicted octanol–water partition coefficient (Wildman–Crippen LogP) is 6.58. The summed E-state index contributed by atoms with van der Waals surface area (Å²) < 4.78 is 27.9. The van der Waals surface area contributed by atoms with Crippen LogP contribution in [0.4, 0.5) is 19.3 Å². The summed E-state index contributed by atoms with van der Waals surface area (Å²) in [6, 6.07) is 19.5. The first-order valence-corrected chi connectivity index (χ1v) is 13.2. The monoisotopic (exact) mass is 558 g/mol. The van der Waals surface area contributed by atoms with Gasteiger partial charge in [0.1, 0.15) is 6.33 Å². The van der Waals surface area contributed by atoms with Crippen LogP contribution in [0.25, 0.3) is 27.8 Å². The molecule has 41 heavy (non-hydrogen) atoms. The van der Waals surface area contributed by atoms with Gasteiger partial charge in [-0.2, -0.15) is 0 Å². The largest absolute Gasteiger partial charge is 0.347 e. The number of hydrogen-bond donors (Lipinski definition) is 3. The second kappa shape index (κ2) is 13.0. The number of alkyl halides is 2. The lowest BCUT2D eigenvalue weighted by molar-refractivity contribution is 0.0257. The molecule has 0 unspecified atom stereocenters. The molecule has 0 saturated heterocycles. The number of allylic oxidation sites excluding steroid dienone is 1. The maximum atomic E-state index is 13.0. The Bertz CT molecular complexity index is 1600. The fourth-order valence-corrected chi connectivity index (χ4v) is 4.11. The van der Waals surface area contributed by atoms with Gasteiger partial charge in [-0.05, 0) is 66.9 Å². The van der Waals surface area contributed by atoms with Crippen LogP contribution in [0.2, 0.25) is 0 Å². The summed E-state index contributed by atoms with van der Waals surface area (Å²) in [4.78, 5) is 33.7. The average Bonchev–Trinajstić information content (AvgIpc) is 3.39. The van der Waals surface area contributed by atoms with Gasteiger partial charge in [-0.3, -0.25) is 14.4 Å². The number of carbonyl (C=O) groups is 2. The van der Waals surface area contributed by atoms with E-state index in [1.165, 1.54) is 0 Å². The van der Waals surface area contributed by atoms with E-state index in [-0.39, 0.29) is 5.91 Å². The van der Waals surface area contributed by atoms with Gasteiger partial charge in [-0.1, -0.05) is 37.3 Å². The average molecular weight is 559 g/mol. The first-order chi connectivity index (χ1) is 19.7. The Hall–Kier alpha value is -4.86. The van der Waals surface area contributed by atoms with Crippen LogP contribution in [-0.4, -0.2) is 46.2 Å². The predicted molar refractivity (Wildman–Crippen MR) is 159 cm³/mol. The quantitative estimate of drug-likeness (QED) is 0.192. The van der Waals surface area contributed by atoms with Gasteiger partial charge < -0.3 is 16.0 Å². The standard InChI is InChI=1S/C31H32F2N6O2/c1-4-14-34-24(5-2)18-35-29(40)23-9-6-8-21(15-23)22-12-13-28-27(16-22)37-20-39(28)26-11-7-10-25(17-26)38-30(41)36-19-31(3,32)33/h4,6-17,20H,5,18-19H2,1-3H3,(H,35,40)(H2,36,38,41)/b14-4-,34-24?. The van der Waals surface area contributed by atoms with E-state index in [4.69, 9.17) is 0 Å². The Balaban J connectivity index is 1.50. The van der Waals surface area contributed by atoms with Crippen molar-refractivity contribution in [1.29, 1.82) is 0 Å². The van der Waals surface area contributed by atoms with Gasteiger partial charge in [-0.25, -0.2) is 18.6 Å². The van der Waals surface area contributed by atoms with Gasteiger partial charge in [0.2, 0.25) is 0 Å². The third kappa shape index (κ3) is 7.84. The van der Waals surface area contributed by atoms with Crippen LogP contribution in [0.15, 0.2) is 90.3 Å². The van der Waals surface area contributed by atoms with Crippen LogP contribution < -0.4 is 16.0 Å². The summed E-state index contributed by atoms with van der Waals surface area (Å²) in [5.41, 5.74) is 5.98. The molecule has 4 aromatic rings.